The zero-order valence-corrected chi connectivity index (χ0v) is 5.01. The first kappa shape index (κ1) is 7.74. The number of nitrogens with one attached hydrogen (secondary N) is 2. The van der Waals surface area contributed by atoms with Crippen molar-refractivity contribution >= 4 is 12.5 Å². The molecule has 5 heteroatoms. The van der Waals surface area contributed by atoms with Gasteiger partial charge in [-0.3, -0.25) is 10.2 Å². The number of hydrogen-bond donors (Lipinski definition) is 2. The monoisotopic (exact) mass is 132 g/mol. The second kappa shape index (κ2) is 4.89. The Kier molecular flexibility index (Phi) is 4.20. The van der Waals surface area contributed by atoms with Gasteiger partial charge in [0.15, 0.2) is 0 Å². The molecule has 0 heterocycles. The third-order valence-corrected chi connectivity index (χ3v) is 0.509. The van der Waals surface area contributed by atoms with Crippen molar-refractivity contribution in [1.82, 2.24) is 10.9 Å². The lowest BCUT2D eigenvalue weighted by molar-refractivity contribution is -0.110. The van der Waals surface area contributed by atoms with Crippen LogP contribution in [-0.2, 0) is 9.53 Å². The second-order valence-corrected chi connectivity index (χ2v) is 1.11. The maximum Gasteiger partial charge on any atom is 0.426 e. The van der Waals surface area contributed by atoms with Gasteiger partial charge in [-0.25, -0.2) is 10.2 Å². The van der Waals surface area contributed by atoms with Gasteiger partial charge < -0.3 is 4.74 Å². The molecule has 9 heavy (non-hydrogen) atoms. The van der Waals surface area contributed by atoms with Gasteiger partial charge in [-0.2, -0.15) is 0 Å². The molecule has 5 nitrogen and oxygen atoms in total. The molecule has 0 aliphatic heterocycles. The van der Waals surface area contributed by atoms with Crippen LogP contribution in [0.1, 0.15) is 6.92 Å². The molecular weight excluding hydrogens is 124 g/mol. The lowest BCUT2D eigenvalue weighted by Crippen LogP contribution is -2.36. The van der Waals surface area contributed by atoms with Crippen molar-refractivity contribution in [2.24, 2.45) is 0 Å². The summed E-state index contributed by atoms with van der Waals surface area (Å²) in [5.74, 6) is 0. The molecule has 0 bridgehead atoms. The van der Waals surface area contributed by atoms with E-state index in [1.165, 1.54) is 0 Å². The first-order valence-electron chi connectivity index (χ1n) is 2.43. The maximum atomic E-state index is 10.2. The number of hydrazine groups is 1. The molecular formula is C4H8N2O3. The van der Waals surface area contributed by atoms with Gasteiger partial charge in [0.25, 0.3) is 0 Å². The molecule has 0 aromatic carbocycles. The molecule has 0 aliphatic carbocycles. The summed E-state index contributed by atoms with van der Waals surface area (Å²) in [5.41, 5.74) is 3.88. The molecule has 0 saturated heterocycles. The summed E-state index contributed by atoms with van der Waals surface area (Å²) < 4.78 is 4.37. The highest BCUT2D eigenvalue weighted by molar-refractivity contribution is 5.68. The van der Waals surface area contributed by atoms with Crippen LogP contribution in [0.4, 0.5) is 4.79 Å². The first-order chi connectivity index (χ1) is 4.31. The van der Waals surface area contributed by atoms with Crippen LogP contribution < -0.4 is 10.9 Å². The van der Waals surface area contributed by atoms with Crippen molar-refractivity contribution in [2.75, 3.05) is 6.61 Å². The fourth-order valence-corrected chi connectivity index (χ4v) is 0.256. The molecule has 0 unspecified atom stereocenters. The third-order valence-electron chi connectivity index (χ3n) is 0.509. The van der Waals surface area contributed by atoms with Gasteiger partial charge in [0.2, 0.25) is 6.41 Å². The lowest BCUT2D eigenvalue weighted by atomic mass is 10.9. The minimum absolute atomic E-state index is 0.284. The first-order valence-corrected chi connectivity index (χ1v) is 2.43. The van der Waals surface area contributed by atoms with Gasteiger partial charge in [0, 0.05) is 0 Å². The van der Waals surface area contributed by atoms with Crippen molar-refractivity contribution in [3.63, 3.8) is 0 Å². The van der Waals surface area contributed by atoms with E-state index >= 15 is 0 Å². The van der Waals surface area contributed by atoms with Crippen molar-refractivity contribution in [2.45, 2.75) is 6.92 Å². The van der Waals surface area contributed by atoms with Crippen molar-refractivity contribution in [3.8, 4) is 0 Å². The van der Waals surface area contributed by atoms with Crippen LogP contribution in [-0.4, -0.2) is 19.1 Å². The predicted molar refractivity (Wildman–Crippen MR) is 29.4 cm³/mol. The Labute approximate surface area is 52.3 Å². The zero-order chi connectivity index (χ0) is 7.11. The minimum Gasteiger partial charge on any atom is -0.449 e. The molecule has 0 rings (SSSR count). The highest BCUT2D eigenvalue weighted by Gasteiger charge is 1.94. The predicted octanol–water partition coefficient (Wildman–Crippen LogP) is -0.607. The third kappa shape index (κ3) is 4.60. The number of carbonyl (C=O) groups is 2. The second-order valence-electron chi connectivity index (χ2n) is 1.11. The topological polar surface area (TPSA) is 67.4 Å². The van der Waals surface area contributed by atoms with Gasteiger partial charge in [-0.15, -0.1) is 0 Å². The van der Waals surface area contributed by atoms with E-state index in [1.807, 2.05) is 10.9 Å². The Balaban J connectivity index is 3.16. The molecule has 2 amide bonds. The SMILES string of the molecule is CCOC(=O)NNC=O. The number of rotatable bonds is 3. The molecule has 0 aromatic rings. The number of carbonyl (C=O) groups excluding carboxylic acids is 2. The van der Waals surface area contributed by atoms with Gasteiger partial charge in [-0.1, -0.05) is 0 Å². The number of hydrogen-bond acceptors (Lipinski definition) is 3. The normalized spacial score (nSPS) is 7.67. The van der Waals surface area contributed by atoms with Crippen LogP contribution in [0.2, 0.25) is 0 Å². The fraction of sp³-hybridized carbons (Fsp3) is 0.500. The van der Waals surface area contributed by atoms with Crippen LogP contribution in [0, 0.1) is 0 Å². The van der Waals surface area contributed by atoms with Gasteiger partial charge >= 0.3 is 6.09 Å². The summed E-state index contributed by atoms with van der Waals surface area (Å²) in [4.78, 5) is 19.8. The smallest absolute Gasteiger partial charge is 0.426 e. The average molecular weight is 132 g/mol. The average Bonchev–Trinajstić information content (AvgIpc) is 1.85. The summed E-state index contributed by atoms with van der Waals surface area (Å²) in [6.45, 7) is 1.95. The summed E-state index contributed by atoms with van der Waals surface area (Å²) in [5, 5.41) is 0. The lowest BCUT2D eigenvalue weighted by Gasteiger charge is -2.00. The van der Waals surface area contributed by atoms with E-state index in [-0.39, 0.29) is 6.61 Å². The summed E-state index contributed by atoms with van der Waals surface area (Å²) in [7, 11) is 0. The molecule has 0 radical (unpaired) electrons. The van der Waals surface area contributed by atoms with Gasteiger partial charge in [0.1, 0.15) is 0 Å². The van der Waals surface area contributed by atoms with Crippen molar-refractivity contribution in [1.29, 1.82) is 0 Å². The standard InChI is InChI=1S/C4H8N2O3/c1-2-9-4(8)6-5-3-7/h3H,2H2,1H3,(H,5,7)(H,6,8). The largest absolute Gasteiger partial charge is 0.449 e. The zero-order valence-electron chi connectivity index (χ0n) is 5.01. The van der Waals surface area contributed by atoms with Crippen LogP contribution in [0.15, 0.2) is 0 Å². The van der Waals surface area contributed by atoms with Crippen LogP contribution in [0.25, 0.3) is 0 Å². The minimum atomic E-state index is -0.662. The van der Waals surface area contributed by atoms with Crippen LogP contribution in [0.3, 0.4) is 0 Å². The molecule has 0 spiro atoms. The number of ether oxygens (including phenoxy) is 1. The van der Waals surface area contributed by atoms with Crippen molar-refractivity contribution < 1.29 is 14.3 Å². The summed E-state index contributed by atoms with van der Waals surface area (Å²) in [6.07, 6.45) is -0.318. The fourth-order valence-electron chi connectivity index (χ4n) is 0.256. The van der Waals surface area contributed by atoms with Crippen LogP contribution >= 0.6 is 0 Å². The van der Waals surface area contributed by atoms with E-state index in [0.29, 0.717) is 6.41 Å². The van der Waals surface area contributed by atoms with E-state index in [2.05, 4.69) is 4.74 Å². The highest BCUT2D eigenvalue weighted by Crippen LogP contribution is 1.70. The van der Waals surface area contributed by atoms with Crippen LogP contribution in [0.5, 0.6) is 0 Å². The highest BCUT2D eigenvalue weighted by atomic mass is 16.5. The van der Waals surface area contributed by atoms with E-state index in [0.717, 1.165) is 0 Å². The molecule has 0 atom stereocenters. The van der Waals surface area contributed by atoms with E-state index in [4.69, 9.17) is 0 Å². The Morgan fingerprint density at radius 3 is 2.89 bits per heavy atom. The molecule has 0 aromatic heterocycles. The summed E-state index contributed by atoms with van der Waals surface area (Å²) in [6, 6.07) is 0. The van der Waals surface area contributed by atoms with Crippen molar-refractivity contribution in [3.05, 3.63) is 0 Å². The van der Waals surface area contributed by atoms with E-state index in [9.17, 15) is 9.59 Å². The van der Waals surface area contributed by atoms with E-state index in [1.54, 1.807) is 6.92 Å². The quantitative estimate of drug-likeness (QED) is 0.397. The number of amides is 2. The molecule has 0 aliphatic rings. The Morgan fingerprint density at radius 2 is 2.44 bits per heavy atom. The molecule has 52 valence electrons. The Hall–Kier alpha value is -1.26. The van der Waals surface area contributed by atoms with E-state index < -0.39 is 6.09 Å². The molecule has 0 fully saturated rings. The Bertz CT molecular complexity index is 104. The van der Waals surface area contributed by atoms with Gasteiger partial charge in [0.05, 0.1) is 6.61 Å². The molecule has 2 N–H and O–H groups in total. The maximum absolute atomic E-state index is 10.2. The molecule has 0 saturated carbocycles. The summed E-state index contributed by atoms with van der Waals surface area (Å²) >= 11 is 0. The Morgan fingerprint density at radius 1 is 1.78 bits per heavy atom. The van der Waals surface area contributed by atoms with Gasteiger partial charge in [-0.05, 0) is 6.92 Å².